The Morgan fingerprint density at radius 3 is 2.62 bits per heavy atom. The van der Waals surface area contributed by atoms with E-state index in [1.807, 2.05) is 45.0 Å². The highest BCUT2D eigenvalue weighted by molar-refractivity contribution is 7.85. The van der Waals surface area contributed by atoms with Crippen LogP contribution in [0.15, 0.2) is 29.3 Å². The van der Waals surface area contributed by atoms with Gasteiger partial charge in [-0.1, -0.05) is 23.7 Å². The fourth-order valence-corrected chi connectivity index (χ4v) is 4.61. The molecule has 1 fully saturated rings. The number of fused-ring (bicyclic) bond motifs is 1. The molecule has 1 aliphatic heterocycles. The molecule has 2 heterocycles. The molecule has 140 valence electrons. The Labute approximate surface area is 160 Å². The summed E-state index contributed by atoms with van der Waals surface area (Å²) in [4.78, 5) is 22.7. The summed E-state index contributed by atoms with van der Waals surface area (Å²) in [5.74, 6) is 0.270. The predicted octanol–water partition coefficient (Wildman–Crippen LogP) is 3.79. The van der Waals surface area contributed by atoms with E-state index in [2.05, 4.69) is 9.97 Å². The highest BCUT2D eigenvalue weighted by Gasteiger charge is 2.34. The molecule has 1 aromatic carbocycles. The van der Waals surface area contributed by atoms with Crippen molar-refractivity contribution >= 4 is 39.5 Å². The minimum atomic E-state index is -1.46. The van der Waals surface area contributed by atoms with Crippen LogP contribution in [0, 0.1) is 0 Å². The van der Waals surface area contributed by atoms with Crippen molar-refractivity contribution in [3.05, 3.63) is 29.4 Å². The van der Waals surface area contributed by atoms with Crippen molar-refractivity contribution in [3.8, 4) is 0 Å². The van der Waals surface area contributed by atoms with Gasteiger partial charge < -0.3 is 9.64 Å². The Hall–Kier alpha value is -1.73. The van der Waals surface area contributed by atoms with Crippen molar-refractivity contribution in [1.29, 1.82) is 0 Å². The van der Waals surface area contributed by atoms with E-state index in [1.165, 1.54) is 0 Å². The molecule has 0 unspecified atom stereocenters. The maximum atomic E-state index is 12.9. The molecule has 6 nitrogen and oxygen atoms in total. The first-order valence-electron chi connectivity index (χ1n) is 8.55. The van der Waals surface area contributed by atoms with Crippen molar-refractivity contribution in [2.24, 2.45) is 0 Å². The summed E-state index contributed by atoms with van der Waals surface area (Å²) in [5.41, 5.74) is 0.751. The summed E-state index contributed by atoms with van der Waals surface area (Å²) >= 11 is 6.20. The van der Waals surface area contributed by atoms with Gasteiger partial charge in [0.1, 0.15) is 5.60 Å². The van der Waals surface area contributed by atoms with Crippen LogP contribution >= 0.6 is 11.6 Å². The van der Waals surface area contributed by atoms with Gasteiger partial charge in [-0.25, -0.2) is 14.8 Å². The summed E-state index contributed by atoms with van der Waals surface area (Å²) < 4.78 is 18.3. The van der Waals surface area contributed by atoms with E-state index in [1.54, 1.807) is 4.90 Å². The molecule has 1 saturated heterocycles. The quantitative estimate of drug-likeness (QED) is 0.790. The van der Waals surface area contributed by atoms with E-state index < -0.39 is 16.4 Å². The smallest absolute Gasteiger partial charge is 0.410 e. The van der Waals surface area contributed by atoms with Gasteiger partial charge in [0.2, 0.25) is 0 Å². The third-order valence-corrected chi connectivity index (χ3v) is 5.84. The van der Waals surface area contributed by atoms with Gasteiger partial charge in [0.25, 0.3) is 0 Å². The standard InChI is InChI=1S/C18H22ClN3O3S/c1-18(2,3)25-17(23)22-10-6-7-12(22)11-26(24)16-15(19)20-13-8-4-5-9-14(13)21-16/h4-5,8-9,12H,6-7,10-11H2,1-3H3/t12-,26-/m0/s1. The Balaban J connectivity index is 1.77. The number of benzene rings is 1. The topological polar surface area (TPSA) is 72.4 Å². The average Bonchev–Trinajstić information content (AvgIpc) is 3.00. The highest BCUT2D eigenvalue weighted by atomic mass is 35.5. The van der Waals surface area contributed by atoms with Crippen molar-refractivity contribution < 1.29 is 13.7 Å². The van der Waals surface area contributed by atoms with Gasteiger partial charge in [0.15, 0.2) is 10.2 Å². The van der Waals surface area contributed by atoms with Gasteiger partial charge >= 0.3 is 6.09 Å². The van der Waals surface area contributed by atoms with Crippen molar-refractivity contribution in [2.75, 3.05) is 12.3 Å². The molecule has 1 amide bonds. The maximum Gasteiger partial charge on any atom is 0.410 e. The summed E-state index contributed by atoms with van der Waals surface area (Å²) in [6, 6.07) is 7.15. The van der Waals surface area contributed by atoms with Crippen LogP contribution in [0.4, 0.5) is 4.79 Å². The Morgan fingerprint density at radius 2 is 1.96 bits per heavy atom. The third kappa shape index (κ3) is 4.32. The molecule has 1 aliphatic rings. The SMILES string of the molecule is CC(C)(C)OC(=O)N1CCC[C@H]1C[S@](=O)c1nc2ccccc2nc1Cl. The van der Waals surface area contributed by atoms with Crippen LogP contribution in [-0.4, -0.2) is 49.1 Å². The van der Waals surface area contributed by atoms with Crippen molar-refractivity contribution in [3.63, 3.8) is 0 Å². The van der Waals surface area contributed by atoms with Gasteiger partial charge in [-0.3, -0.25) is 4.21 Å². The number of hydrogen-bond acceptors (Lipinski definition) is 5. The number of likely N-dealkylation sites (tertiary alicyclic amines) is 1. The monoisotopic (exact) mass is 395 g/mol. The molecule has 3 rings (SSSR count). The van der Waals surface area contributed by atoms with Crippen LogP contribution in [0.3, 0.4) is 0 Å². The second-order valence-electron chi connectivity index (χ2n) is 7.29. The molecular weight excluding hydrogens is 374 g/mol. The van der Waals surface area contributed by atoms with Crippen LogP contribution < -0.4 is 0 Å². The van der Waals surface area contributed by atoms with Crippen LogP contribution in [0.1, 0.15) is 33.6 Å². The Morgan fingerprint density at radius 1 is 1.31 bits per heavy atom. The number of carbonyl (C=O) groups excluding carboxylic acids is 1. The number of halogens is 1. The number of ether oxygens (including phenoxy) is 1. The molecule has 0 bridgehead atoms. The largest absolute Gasteiger partial charge is 0.444 e. The van der Waals surface area contributed by atoms with E-state index >= 15 is 0 Å². The third-order valence-electron chi connectivity index (χ3n) is 4.06. The second-order valence-corrected chi connectivity index (χ2v) is 9.06. The first-order chi connectivity index (χ1) is 12.2. The molecule has 0 saturated carbocycles. The minimum absolute atomic E-state index is 0.142. The molecule has 26 heavy (non-hydrogen) atoms. The fraction of sp³-hybridized carbons (Fsp3) is 0.500. The number of nitrogens with zero attached hydrogens (tertiary/aromatic N) is 3. The van der Waals surface area contributed by atoms with E-state index in [0.717, 1.165) is 12.8 Å². The summed E-state index contributed by atoms with van der Waals surface area (Å²) in [6.45, 7) is 6.10. The van der Waals surface area contributed by atoms with Crippen LogP contribution in [0.2, 0.25) is 5.15 Å². The number of carbonyl (C=O) groups is 1. The lowest BCUT2D eigenvalue weighted by Gasteiger charge is -2.28. The average molecular weight is 396 g/mol. The van der Waals surface area contributed by atoms with E-state index in [4.69, 9.17) is 16.3 Å². The molecule has 0 aliphatic carbocycles. The lowest BCUT2D eigenvalue weighted by atomic mass is 10.2. The van der Waals surface area contributed by atoms with Gasteiger partial charge in [-0.2, -0.15) is 0 Å². The molecule has 2 aromatic rings. The normalized spacial score (nSPS) is 18.9. The highest BCUT2D eigenvalue weighted by Crippen LogP contribution is 2.25. The maximum absolute atomic E-state index is 12.9. The number of amides is 1. The van der Waals surface area contributed by atoms with E-state index in [0.29, 0.717) is 17.6 Å². The predicted molar refractivity (Wildman–Crippen MR) is 102 cm³/mol. The number of aromatic nitrogens is 2. The molecule has 0 spiro atoms. The zero-order valence-electron chi connectivity index (χ0n) is 15.1. The number of hydrogen-bond donors (Lipinski definition) is 0. The molecule has 0 N–H and O–H groups in total. The molecule has 8 heteroatoms. The van der Waals surface area contributed by atoms with E-state index in [-0.39, 0.29) is 28.1 Å². The Bertz CT molecular complexity index is 853. The van der Waals surface area contributed by atoms with Crippen molar-refractivity contribution in [2.45, 2.75) is 50.3 Å². The first-order valence-corrected chi connectivity index (χ1v) is 10.2. The van der Waals surface area contributed by atoms with E-state index in [9.17, 15) is 9.00 Å². The van der Waals surface area contributed by atoms with Gasteiger partial charge in [0, 0.05) is 12.6 Å². The van der Waals surface area contributed by atoms with Gasteiger partial charge in [-0.15, -0.1) is 0 Å². The lowest BCUT2D eigenvalue weighted by molar-refractivity contribution is 0.0241. The number of rotatable bonds is 3. The van der Waals surface area contributed by atoms with Crippen LogP contribution in [0.5, 0.6) is 0 Å². The first kappa shape index (κ1) is 19.0. The summed E-state index contributed by atoms with van der Waals surface area (Å²) in [5, 5.41) is 0.408. The number of para-hydroxylation sites is 2. The fourth-order valence-electron chi connectivity index (χ4n) is 2.93. The molecule has 2 atom stereocenters. The molecule has 0 radical (unpaired) electrons. The van der Waals surface area contributed by atoms with Crippen LogP contribution in [0.25, 0.3) is 11.0 Å². The van der Waals surface area contributed by atoms with Crippen LogP contribution in [-0.2, 0) is 15.5 Å². The lowest BCUT2D eigenvalue weighted by Crippen LogP contribution is -2.42. The van der Waals surface area contributed by atoms with Gasteiger partial charge in [0.05, 0.1) is 27.6 Å². The zero-order valence-corrected chi connectivity index (χ0v) is 16.6. The summed E-state index contributed by atoms with van der Waals surface area (Å²) in [6.07, 6.45) is 1.27. The minimum Gasteiger partial charge on any atom is -0.444 e. The summed E-state index contributed by atoms with van der Waals surface area (Å²) in [7, 11) is -1.46. The zero-order chi connectivity index (χ0) is 18.9. The molecular formula is C18H22ClN3O3S. The van der Waals surface area contributed by atoms with Gasteiger partial charge in [-0.05, 0) is 45.7 Å². The van der Waals surface area contributed by atoms with Crippen molar-refractivity contribution in [1.82, 2.24) is 14.9 Å². The Kier molecular flexibility index (Phi) is 5.48. The second kappa shape index (κ2) is 7.48. The molecule has 1 aromatic heterocycles.